The van der Waals surface area contributed by atoms with Crippen molar-refractivity contribution >= 4 is 10.9 Å². The molecule has 0 aliphatic heterocycles. The van der Waals surface area contributed by atoms with Gasteiger partial charge < -0.3 is 20.9 Å². The Hall–Kier alpha value is -1.69. The molecular weight excluding hydrogens is 220 g/mol. The van der Waals surface area contributed by atoms with Gasteiger partial charge in [-0.15, -0.1) is 0 Å². The Bertz CT molecular complexity index is 579. The molecule has 17 heavy (non-hydrogen) atoms. The van der Waals surface area contributed by atoms with E-state index in [0.717, 1.165) is 0 Å². The maximum Gasteiger partial charge on any atom is 0.189 e. The topological polar surface area (TPSA) is 99.3 Å². The van der Waals surface area contributed by atoms with Crippen LogP contribution in [0.25, 0.3) is 10.9 Å². The first-order valence-corrected chi connectivity index (χ1v) is 5.31. The summed E-state index contributed by atoms with van der Waals surface area (Å²) in [5, 5.41) is 19.8. The summed E-state index contributed by atoms with van der Waals surface area (Å²) in [6.45, 7) is -0.0233. The van der Waals surface area contributed by atoms with Crippen LogP contribution < -0.4 is 11.2 Å². The highest BCUT2D eigenvalue weighted by atomic mass is 16.3. The molecule has 0 radical (unpaired) electrons. The molecule has 5 N–H and O–H groups in total. The molecule has 0 spiro atoms. The lowest BCUT2D eigenvalue weighted by atomic mass is 10.0. The first-order chi connectivity index (χ1) is 8.13. The van der Waals surface area contributed by atoms with E-state index in [1.54, 1.807) is 24.4 Å². The molecule has 0 saturated heterocycles. The molecule has 2 atom stereocenters. The number of hydrogen-bond donors (Lipinski definition) is 4. The molecule has 0 aliphatic carbocycles. The largest absolute Gasteiger partial charge is 0.389 e. The van der Waals surface area contributed by atoms with E-state index in [4.69, 9.17) is 5.73 Å². The second-order valence-corrected chi connectivity index (χ2v) is 3.89. The zero-order valence-corrected chi connectivity index (χ0v) is 9.13. The summed E-state index contributed by atoms with van der Waals surface area (Å²) >= 11 is 0. The van der Waals surface area contributed by atoms with E-state index in [9.17, 15) is 15.0 Å². The van der Waals surface area contributed by atoms with Crippen LogP contribution in [0.1, 0.15) is 11.7 Å². The molecule has 90 valence electrons. The van der Waals surface area contributed by atoms with E-state index in [0.29, 0.717) is 16.5 Å². The van der Waals surface area contributed by atoms with Gasteiger partial charge in [-0.05, 0) is 17.7 Å². The summed E-state index contributed by atoms with van der Waals surface area (Å²) in [5.41, 5.74) is 6.34. The fraction of sp³-hybridized carbons (Fsp3) is 0.250. The minimum absolute atomic E-state index is 0.0233. The number of fused-ring (bicyclic) bond motifs is 1. The maximum absolute atomic E-state index is 11.5. The van der Waals surface area contributed by atoms with Crippen molar-refractivity contribution in [2.75, 3.05) is 6.54 Å². The van der Waals surface area contributed by atoms with E-state index in [2.05, 4.69) is 4.98 Å². The summed E-state index contributed by atoms with van der Waals surface area (Å²) in [6.07, 6.45) is -0.517. The summed E-state index contributed by atoms with van der Waals surface area (Å²) < 4.78 is 0. The van der Waals surface area contributed by atoms with Crippen molar-refractivity contribution in [2.24, 2.45) is 5.73 Å². The van der Waals surface area contributed by atoms with E-state index in [1.807, 2.05) is 0 Å². The van der Waals surface area contributed by atoms with Crippen molar-refractivity contribution in [1.82, 2.24) is 4.98 Å². The molecule has 0 aliphatic rings. The summed E-state index contributed by atoms with van der Waals surface area (Å²) in [7, 11) is 0. The van der Waals surface area contributed by atoms with Crippen LogP contribution >= 0.6 is 0 Å². The monoisotopic (exact) mass is 234 g/mol. The number of hydrogen-bond acceptors (Lipinski definition) is 4. The molecule has 2 aromatic rings. The predicted octanol–water partition coefficient (Wildman–Crippen LogP) is -0.119. The average molecular weight is 234 g/mol. The van der Waals surface area contributed by atoms with Gasteiger partial charge in [0.2, 0.25) is 0 Å². The van der Waals surface area contributed by atoms with Gasteiger partial charge in [-0.1, -0.05) is 6.07 Å². The third kappa shape index (κ3) is 2.21. The molecule has 1 aromatic heterocycles. The van der Waals surface area contributed by atoms with Crippen LogP contribution in [0.5, 0.6) is 0 Å². The van der Waals surface area contributed by atoms with E-state index < -0.39 is 12.2 Å². The SMILES string of the molecule is NCC(O)C(O)c1ccc2c(=O)cc[nH]c2c1. The van der Waals surface area contributed by atoms with Crippen LogP contribution in [0.15, 0.2) is 35.3 Å². The van der Waals surface area contributed by atoms with Gasteiger partial charge in [0.25, 0.3) is 0 Å². The van der Waals surface area contributed by atoms with Crippen LogP contribution in [-0.2, 0) is 0 Å². The molecule has 5 heteroatoms. The van der Waals surface area contributed by atoms with Crippen LogP contribution in [0, 0.1) is 0 Å². The molecule has 1 aromatic carbocycles. The van der Waals surface area contributed by atoms with Gasteiger partial charge in [-0.3, -0.25) is 4.79 Å². The molecule has 0 amide bonds. The minimum atomic E-state index is -1.05. The van der Waals surface area contributed by atoms with E-state index in [-0.39, 0.29) is 12.0 Å². The molecule has 1 heterocycles. The van der Waals surface area contributed by atoms with Gasteiger partial charge >= 0.3 is 0 Å². The van der Waals surface area contributed by atoms with Gasteiger partial charge in [-0.25, -0.2) is 0 Å². The first kappa shape index (κ1) is 11.8. The normalized spacial score (nSPS) is 14.8. The van der Waals surface area contributed by atoms with Crippen LogP contribution in [-0.4, -0.2) is 27.8 Å². The quantitative estimate of drug-likeness (QED) is 0.595. The number of rotatable bonds is 3. The number of aromatic amines is 1. The number of pyridine rings is 1. The van der Waals surface area contributed by atoms with Gasteiger partial charge in [-0.2, -0.15) is 0 Å². The number of aromatic nitrogens is 1. The van der Waals surface area contributed by atoms with E-state index in [1.165, 1.54) is 6.07 Å². The highest BCUT2D eigenvalue weighted by Crippen LogP contribution is 2.19. The maximum atomic E-state index is 11.5. The Labute approximate surface area is 97.5 Å². The highest BCUT2D eigenvalue weighted by Gasteiger charge is 2.17. The number of aliphatic hydroxyl groups excluding tert-OH is 2. The van der Waals surface area contributed by atoms with Crippen molar-refractivity contribution in [3.8, 4) is 0 Å². The molecule has 0 saturated carbocycles. The Kier molecular flexibility index (Phi) is 3.23. The second-order valence-electron chi connectivity index (χ2n) is 3.89. The number of aliphatic hydroxyl groups is 2. The van der Waals surface area contributed by atoms with Gasteiger partial charge in [0, 0.05) is 29.7 Å². The number of H-pyrrole nitrogens is 1. The van der Waals surface area contributed by atoms with Crippen molar-refractivity contribution in [2.45, 2.75) is 12.2 Å². The average Bonchev–Trinajstić information content (AvgIpc) is 2.37. The summed E-state index contributed by atoms with van der Waals surface area (Å²) in [4.78, 5) is 14.4. The third-order valence-electron chi connectivity index (χ3n) is 2.73. The Morgan fingerprint density at radius 1 is 1.29 bits per heavy atom. The predicted molar refractivity (Wildman–Crippen MR) is 64.6 cm³/mol. The van der Waals surface area contributed by atoms with Crippen LogP contribution in [0.4, 0.5) is 0 Å². The lowest BCUT2D eigenvalue weighted by Crippen LogP contribution is -2.27. The number of benzene rings is 1. The Balaban J connectivity index is 2.48. The van der Waals surface area contributed by atoms with Gasteiger partial charge in [0.15, 0.2) is 5.43 Å². The number of nitrogens with two attached hydrogens (primary N) is 1. The van der Waals surface area contributed by atoms with Crippen LogP contribution in [0.3, 0.4) is 0 Å². The lowest BCUT2D eigenvalue weighted by molar-refractivity contribution is 0.0244. The summed E-state index contributed by atoms with van der Waals surface area (Å²) in [5.74, 6) is 0. The molecule has 0 bridgehead atoms. The minimum Gasteiger partial charge on any atom is -0.389 e. The Morgan fingerprint density at radius 2 is 2.06 bits per heavy atom. The van der Waals surface area contributed by atoms with Crippen LogP contribution in [0.2, 0.25) is 0 Å². The third-order valence-corrected chi connectivity index (χ3v) is 2.73. The lowest BCUT2D eigenvalue weighted by Gasteiger charge is -2.16. The van der Waals surface area contributed by atoms with Crippen molar-refractivity contribution in [3.63, 3.8) is 0 Å². The standard InChI is InChI=1S/C12H14N2O3/c13-6-11(16)12(17)7-1-2-8-9(5-7)14-4-3-10(8)15/h1-5,11-12,16-17H,6,13H2,(H,14,15). The van der Waals surface area contributed by atoms with Gasteiger partial charge in [0.1, 0.15) is 6.10 Å². The second kappa shape index (κ2) is 4.67. The molecule has 0 fully saturated rings. The fourth-order valence-electron chi connectivity index (χ4n) is 1.73. The van der Waals surface area contributed by atoms with Gasteiger partial charge in [0.05, 0.1) is 6.10 Å². The van der Waals surface area contributed by atoms with Crippen molar-refractivity contribution in [1.29, 1.82) is 0 Å². The molecular formula is C12H14N2O3. The van der Waals surface area contributed by atoms with Crippen molar-refractivity contribution in [3.05, 3.63) is 46.2 Å². The molecule has 2 rings (SSSR count). The summed E-state index contributed by atoms with van der Waals surface area (Å²) in [6, 6.07) is 6.31. The highest BCUT2D eigenvalue weighted by molar-refractivity contribution is 5.78. The number of nitrogens with one attached hydrogen (secondary N) is 1. The zero-order chi connectivity index (χ0) is 12.4. The fourth-order valence-corrected chi connectivity index (χ4v) is 1.73. The zero-order valence-electron chi connectivity index (χ0n) is 9.13. The van der Waals surface area contributed by atoms with Crippen molar-refractivity contribution < 1.29 is 10.2 Å². The Morgan fingerprint density at radius 3 is 2.76 bits per heavy atom. The molecule has 2 unspecified atom stereocenters. The first-order valence-electron chi connectivity index (χ1n) is 5.31. The smallest absolute Gasteiger partial charge is 0.189 e. The van der Waals surface area contributed by atoms with E-state index >= 15 is 0 Å². The molecule has 5 nitrogen and oxygen atoms in total.